The zero-order valence-electron chi connectivity index (χ0n) is 12.2. The van der Waals surface area contributed by atoms with Gasteiger partial charge in [-0.1, -0.05) is 18.9 Å². The van der Waals surface area contributed by atoms with Crippen LogP contribution in [0.1, 0.15) is 38.2 Å². The Balaban J connectivity index is 2.21. The summed E-state index contributed by atoms with van der Waals surface area (Å²) in [7, 11) is 1.98. The Hall–Kier alpha value is -1.22. The Morgan fingerprint density at radius 2 is 1.89 bits per heavy atom. The Kier molecular flexibility index (Phi) is 5.52. The van der Waals surface area contributed by atoms with Gasteiger partial charge in [0.25, 0.3) is 0 Å². The van der Waals surface area contributed by atoms with Crippen LogP contribution in [0.2, 0.25) is 0 Å². The molecule has 1 fully saturated rings. The maximum absolute atomic E-state index is 5.85. The second kappa shape index (κ2) is 7.39. The fraction of sp³-hybridized carbons (Fsp3) is 0.625. The van der Waals surface area contributed by atoms with Crippen LogP contribution >= 0.6 is 0 Å². The molecule has 0 saturated carbocycles. The molecule has 1 N–H and O–H groups in total. The first-order chi connectivity index (χ1) is 9.35. The van der Waals surface area contributed by atoms with E-state index in [9.17, 15) is 0 Å². The van der Waals surface area contributed by atoms with Crippen molar-refractivity contribution in [3.05, 3.63) is 23.8 Å². The molecule has 0 radical (unpaired) electrons. The van der Waals surface area contributed by atoms with Crippen molar-refractivity contribution >= 4 is 5.69 Å². The highest BCUT2D eigenvalue weighted by molar-refractivity contribution is 5.60. The van der Waals surface area contributed by atoms with Crippen LogP contribution in [0.25, 0.3) is 0 Å². The molecule has 3 heteroatoms. The summed E-state index contributed by atoms with van der Waals surface area (Å²) >= 11 is 0. The maximum Gasteiger partial charge on any atom is 0.142 e. The third kappa shape index (κ3) is 3.87. The Labute approximate surface area is 116 Å². The van der Waals surface area contributed by atoms with Crippen molar-refractivity contribution < 1.29 is 4.74 Å². The van der Waals surface area contributed by atoms with Gasteiger partial charge >= 0.3 is 0 Å². The number of hydrogen-bond donors (Lipinski definition) is 1. The molecule has 0 aliphatic carbocycles. The first-order valence-corrected chi connectivity index (χ1v) is 7.50. The van der Waals surface area contributed by atoms with Gasteiger partial charge in [0.05, 0.1) is 12.3 Å². The monoisotopic (exact) mass is 262 g/mol. The van der Waals surface area contributed by atoms with Crippen LogP contribution in [0.5, 0.6) is 5.75 Å². The molecule has 1 heterocycles. The summed E-state index contributed by atoms with van der Waals surface area (Å²) in [5.74, 6) is 1.04. The van der Waals surface area contributed by atoms with Gasteiger partial charge in [0.2, 0.25) is 0 Å². The standard InChI is InChI=1S/C16H26N2O/c1-3-19-16-12-14(13-17-2)8-9-15(16)18-10-6-4-5-7-11-18/h8-9,12,17H,3-7,10-11,13H2,1-2H3. The van der Waals surface area contributed by atoms with Crippen LogP contribution in [0, 0.1) is 0 Å². The average Bonchev–Trinajstić information content (AvgIpc) is 2.69. The zero-order chi connectivity index (χ0) is 13.5. The maximum atomic E-state index is 5.85. The van der Waals surface area contributed by atoms with Crippen molar-refractivity contribution in [2.45, 2.75) is 39.2 Å². The largest absolute Gasteiger partial charge is 0.492 e. The molecule has 2 rings (SSSR count). The molecule has 1 aliphatic heterocycles. The van der Waals surface area contributed by atoms with Crippen molar-refractivity contribution in [3.63, 3.8) is 0 Å². The predicted octanol–water partition coefficient (Wildman–Crippen LogP) is 3.19. The van der Waals surface area contributed by atoms with Crippen LogP contribution in [0.4, 0.5) is 5.69 Å². The van der Waals surface area contributed by atoms with Crippen LogP contribution < -0.4 is 15.0 Å². The molecular formula is C16H26N2O. The fourth-order valence-corrected chi connectivity index (χ4v) is 2.72. The number of benzene rings is 1. The van der Waals surface area contributed by atoms with E-state index in [2.05, 4.69) is 35.3 Å². The zero-order valence-corrected chi connectivity index (χ0v) is 12.2. The van der Waals surface area contributed by atoms with Gasteiger partial charge in [-0.05, 0) is 44.5 Å². The second-order valence-corrected chi connectivity index (χ2v) is 5.17. The van der Waals surface area contributed by atoms with Gasteiger partial charge in [-0.2, -0.15) is 0 Å². The third-order valence-corrected chi connectivity index (χ3v) is 3.65. The first kappa shape index (κ1) is 14.2. The summed E-state index contributed by atoms with van der Waals surface area (Å²) in [4.78, 5) is 2.49. The van der Waals surface area contributed by atoms with E-state index >= 15 is 0 Å². The molecule has 0 aromatic heterocycles. The van der Waals surface area contributed by atoms with Crippen molar-refractivity contribution in [2.24, 2.45) is 0 Å². The topological polar surface area (TPSA) is 24.5 Å². The van der Waals surface area contributed by atoms with E-state index in [1.54, 1.807) is 0 Å². The van der Waals surface area contributed by atoms with E-state index in [1.165, 1.54) is 36.9 Å². The molecular weight excluding hydrogens is 236 g/mol. The Morgan fingerprint density at radius 1 is 1.16 bits per heavy atom. The van der Waals surface area contributed by atoms with Crippen molar-refractivity contribution in [1.82, 2.24) is 5.32 Å². The summed E-state index contributed by atoms with van der Waals surface area (Å²) in [5.41, 5.74) is 2.55. The Bertz CT molecular complexity index is 384. The van der Waals surface area contributed by atoms with Gasteiger partial charge in [0, 0.05) is 19.6 Å². The molecule has 19 heavy (non-hydrogen) atoms. The minimum atomic E-state index is 0.726. The number of ether oxygens (including phenoxy) is 1. The van der Waals surface area contributed by atoms with Gasteiger partial charge in [-0.15, -0.1) is 0 Å². The molecule has 3 nitrogen and oxygen atoms in total. The fourth-order valence-electron chi connectivity index (χ4n) is 2.72. The predicted molar refractivity (Wildman–Crippen MR) is 81.1 cm³/mol. The summed E-state index contributed by atoms with van der Waals surface area (Å²) in [6.07, 6.45) is 5.31. The summed E-state index contributed by atoms with van der Waals surface area (Å²) in [6.45, 7) is 5.98. The first-order valence-electron chi connectivity index (χ1n) is 7.50. The lowest BCUT2D eigenvalue weighted by Gasteiger charge is -2.25. The normalized spacial score (nSPS) is 16.2. The number of rotatable bonds is 5. The van der Waals surface area contributed by atoms with Crippen LogP contribution in [0.15, 0.2) is 18.2 Å². The van der Waals surface area contributed by atoms with Crippen molar-refractivity contribution in [1.29, 1.82) is 0 Å². The smallest absolute Gasteiger partial charge is 0.142 e. The number of hydrogen-bond acceptors (Lipinski definition) is 3. The molecule has 0 amide bonds. The average molecular weight is 262 g/mol. The molecule has 0 spiro atoms. The van der Waals surface area contributed by atoms with Gasteiger partial charge in [0.1, 0.15) is 5.75 Å². The van der Waals surface area contributed by atoms with Gasteiger partial charge in [0.15, 0.2) is 0 Å². The van der Waals surface area contributed by atoms with Gasteiger partial charge in [-0.25, -0.2) is 0 Å². The minimum Gasteiger partial charge on any atom is -0.492 e. The summed E-state index contributed by atoms with van der Waals surface area (Å²) < 4.78 is 5.85. The highest BCUT2D eigenvalue weighted by Crippen LogP contribution is 2.31. The van der Waals surface area contributed by atoms with Gasteiger partial charge < -0.3 is 15.0 Å². The van der Waals surface area contributed by atoms with Crippen LogP contribution in [-0.2, 0) is 6.54 Å². The lowest BCUT2D eigenvalue weighted by Crippen LogP contribution is -2.24. The molecule has 0 atom stereocenters. The van der Waals surface area contributed by atoms with E-state index in [0.29, 0.717) is 0 Å². The molecule has 1 saturated heterocycles. The number of nitrogens with zero attached hydrogens (tertiary/aromatic N) is 1. The van der Waals surface area contributed by atoms with E-state index in [4.69, 9.17) is 4.74 Å². The lowest BCUT2D eigenvalue weighted by atomic mass is 10.1. The summed E-state index contributed by atoms with van der Waals surface area (Å²) in [6, 6.07) is 6.61. The lowest BCUT2D eigenvalue weighted by molar-refractivity contribution is 0.340. The molecule has 1 aromatic rings. The molecule has 0 bridgehead atoms. The van der Waals surface area contributed by atoms with E-state index in [-0.39, 0.29) is 0 Å². The van der Waals surface area contributed by atoms with E-state index < -0.39 is 0 Å². The van der Waals surface area contributed by atoms with Crippen molar-refractivity contribution in [2.75, 3.05) is 31.6 Å². The number of anilines is 1. The minimum absolute atomic E-state index is 0.726. The molecule has 0 unspecified atom stereocenters. The van der Waals surface area contributed by atoms with E-state index in [0.717, 1.165) is 32.0 Å². The van der Waals surface area contributed by atoms with Crippen molar-refractivity contribution in [3.8, 4) is 5.75 Å². The highest BCUT2D eigenvalue weighted by atomic mass is 16.5. The molecule has 106 valence electrons. The highest BCUT2D eigenvalue weighted by Gasteiger charge is 2.14. The molecule has 1 aromatic carbocycles. The van der Waals surface area contributed by atoms with E-state index in [1.807, 2.05) is 7.05 Å². The van der Waals surface area contributed by atoms with Gasteiger partial charge in [-0.3, -0.25) is 0 Å². The quantitative estimate of drug-likeness (QED) is 0.882. The third-order valence-electron chi connectivity index (χ3n) is 3.65. The second-order valence-electron chi connectivity index (χ2n) is 5.17. The summed E-state index contributed by atoms with van der Waals surface area (Å²) in [5, 5.41) is 3.19. The molecule has 1 aliphatic rings. The van der Waals surface area contributed by atoms with Crippen LogP contribution in [0.3, 0.4) is 0 Å². The van der Waals surface area contributed by atoms with Crippen LogP contribution in [-0.4, -0.2) is 26.7 Å². The Morgan fingerprint density at radius 3 is 2.53 bits per heavy atom. The SMILES string of the molecule is CCOc1cc(CNC)ccc1N1CCCCCC1. The number of nitrogens with one attached hydrogen (secondary N) is 1.